The Labute approximate surface area is 192 Å². The quantitative estimate of drug-likeness (QED) is 0.177. The topological polar surface area (TPSA) is 75.7 Å². The van der Waals surface area contributed by atoms with Gasteiger partial charge in [-0.05, 0) is 63.1 Å². The molecule has 0 amide bonds. The van der Waals surface area contributed by atoms with Crippen LogP contribution in [-0.4, -0.2) is 39.0 Å². The summed E-state index contributed by atoms with van der Waals surface area (Å²) < 4.78 is 46.7. The van der Waals surface area contributed by atoms with Crippen LogP contribution >= 0.6 is 0 Å². The average molecular weight is 466 g/mol. The van der Waals surface area contributed by atoms with Crippen LogP contribution < -0.4 is 20.5 Å². The van der Waals surface area contributed by atoms with Crippen LogP contribution in [0, 0.1) is 13.8 Å². The number of ether oxygens (including phenoxy) is 1. The molecule has 0 radical (unpaired) electrons. The number of aryl methyl sites for hydroxylation is 2. The van der Waals surface area contributed by atoms with Crippen LogP contribution in [0.15, 0.2) is 46.5 Å². The second-order valence-electron chi connectivity index (χ2n) is 7.17. The Morgan fingerprint density at radius 1 is 1.09 bits per heavy atom. The molecule has 33 heavy (non-hydrogen) atoms. The maximum atomic E-state index is 13.5. The molecule has 0 saturated heterocycles. The van der Waals surface area contributed by atoms with Crippen molar-refractivity contribution in [3.05, 3.63) is 53.1 Å². The molecule has 0 aliphatic rings. The van der Waals surface area contributed by atoms with Crippen LogP contribution in [0.2, 0.25) is 0 Å². The number of rotatable bonds is 10. The molecule has 0 bridgehead atoms. The van der Waals surface area contributed by atoms with Gasteiger partial charge in [-0.25, -0.2) is 5.84 Å². The van der Waals surface area contributed by atoms with Crippen LogP contribution in [0.25, 0.3) is 0 Å². The number of hydrogen-bond donors (Lipinski definition) is 1. The van der Waals surface area contributed by atoms with E-state index in [2.05, 4.69) is 10.1 Å². The maximum Gasteiger partial charge on any atom is 0.418 e. The molecule has 10 heteroatoms. The van der Waals surface area contributed by atoms with Gasteiger partial charge < -0.3 is 14.5 Å². The first-order valence-corrected chi connectivity index (χ1v) is 10.5. The van der Waals surface area contributed by atoms with Gasteiger partial charge in [0.25, 0.3) is 0 Å². The molecule has 1 atom stereocenters. The average Bonchev–Trinajstić information content (AvgIpc) is 2.78. The first kappa shape index (κ1) is 26.0. The third kappa shape index (κ3) is 6.61. The zero-order valence-corrected chi connectivity index (χ0v) is 19.4. The number of para-hydroxylation sites is 1. The fourth-order valence-electron chi connectivity index (χ4n) is 3.20. The number of alkyl halides is 3. The van der Waals surface area contributed by atoms with Gasteiger partial charge in [0.1, 0.15) is 18.6 Å². The molecule has 7 nitrogen and oxygen atoms in total. The molecule has 2 aromatic rings. The normalized spacial score (nSPS) is 12.9. The van der Waals surface area contributed by atoms with Gasteiger partial charge in [0, 0.05) is 19.3 Å². The van der Waals surface area contributed by atoms with Crippen LogP contribution in [0.4, 0.5) is 24.5 Å². The summed E-state index contributed by atoms with van der Waals surface area (Å²) in [7, 11) is 1.69. The van der Waals surface area contributed by atoms with E-state index >= 15 is 0 Å². The van der Waals surface area contributed by atoms with Crippen LogP contribution in [0.5, 0.6) is 5.75 Å². The number of halogens is 3. The van der Waals surface area contributed by atoms with Crippen molar-refractivity contribution in [2.45, 2.75) is 40.1 Å². The third-order valence-corrected chi connectivity index (χ3v) is 4.80. The van der Waals surface area contributed by atoms with E-state index in [-0.39, 0.29) is 12.3 Å². The molecule has 180 valence electrons. The van der Waals surface area contributed by atoms with E-state index in [1.165, 1.54) is 24.4 Å². The van der Waals surface area contributed by atoms with Crippen molar-refractivity contribution >= 4 is 23.9 Å². The van der Waals surface area contributed by atoms with Crippen molar-refractivity contribution in [3.8, 4) is 5.75 Å². The number of nitrogens with zero attached hydrogens (tertiary/aromatic N) is 4. The van der Waals surface area contributed by atoms with Gasteiger partial charge in [-0.1, -0.05) is 17.3 Å². The molecular weight excluding hydrogens is 435 g/mol. The van der Waals surface area contributed by atoms with Gasteiger partial charge in [0.05, 0.1) is 17.6 Å². The molecule has 1 unspecified atom stereocenters. The lowest BCUT2D eigenvalue weighted by atomic mass is 10.1. The van der Waals surface area contributed by atoms with Crippen LogP contribution in [0.1, 0.15) is 30.5 Å². The molecule has 2 rings (SSSR count). The van der Waals surface area contributed by atoms with E-state index < -0.39 is 18.0 Å². The molecule has 0 spiro atoms. The van der Waals surface area contributed by atoms with Crippen molar-refractivity contribution < 1.29 is 22.7 Å². The lowest BCUT2D eigenvalue weighted by Gasteiger charge is -2.30. The van der Waals surface area contributed by atoms with Gasteiger partial charge in [-0.3, -0.25) is 10.0 Å². The lowest BCUT2D eigenvalue weighted by molar-refractivity contribution is -0.137. The summed E-state index contributed by atoms with van der Waals surface area (Å²) in [5, 5.41) is 4.67. The SMILES string of the molecule is CCO/N=C/C(Oc1cc(C)c(N(C=NC)CC)cc1C)N(N)c1ccccc1C(F)(F)F. The van der Waals surface area contributed by atoms with E-state index in [4.69, 9.17) is 15.4 Å². The van der Waals surface area contributed by atoms with Gasteiger partial charge in [-0.2, -0.15) is 13.2 Å². The largest absolute Gasteiger partial charge is 0.463 e. The molecule has 2 aromatic carbocycles. The Morgan fingerprint density at radius 2 is 1.79 bits per heavy atom. The highest BCUT2D eigenvalue weighted by Crippen LogP contribution is 2.36. The number of anilines is 2. The summed E-state index contributed by atoms with van der Waals surface area (Å²) in [5.74, 6) is 6.58. The highest BCUT2D eigenvalue weighted by atomic mass is 19.4. The van der Waals surface area contributed by atoms with Gasteiger partial charge in [0.15, 0.2) is 0 Å². The molecule has 0 aliphatic heterocycles. The van der Waals surface area contributed by atoms with E-state index in [9.17, 15) is 13.2 Å². The molecule has 0 fully saturated rings. The third-order valence-electron chi connectivity index (χ3n) is 4.80. The number of oxime groups is 1. The number of hydrogen-bond acceptors (Lipinski definition) is 6. The summed E-state index contributed by atoms with van der Waals surface area (Å²) in [6, 6.07) is 8.75. The molecule has 0 heterocycles. The predicted octanol–water partition coefficient (Wildman–Crippen LogP) is 4.91. The van der Waals surface area contributed by atoms with Gasteiger partial charge >= 0.3 is 6.18 Å². The minimum atomic E-state index is -4.59. The summed E-state index contributed by atoms with van der Waals surface area (Å²) in [5.41, 5.74) is 1.48. The maximum absolute atomic E-state index is 13.5. The van der Waals surface area contributed by atoms with Crippen molar-refractivity contribution in [1.82, 2.24) is 0 Å². The minimum Gasteiger partial charge on any atom is -0.463 e. The Balaban J connectivity index is 2.46. The standard InChI is InChI=1S/C23H30F3N5O2/c1-6-30(15-28-5)20-12-17(4)21(13-16(20)3)33-22(14-29-32-7-2)31(27)19-11-9-8-10-18(19)23(24,25)26/h8-15,22H,6-7,27H2,1-5H3/b28-15?,29-14+. The second-order valence-corrected chi connectivity index (χ2v) is 7.17. The Bertz CT molecular complexity index is 979. The molecule has 0 aliphatic carbocycles. The first-order chi connectivity index (χ1) is 15.6. The number of aliphatic imine (C=N–C) groups is 1. The summed E-state index contributed by atoms with van der Waals surface area (Å²) in [6.45, 7) is 8.49. The lowest BCUT2D eigenvalue weighted by Crippen LogP contribution is -2.47. The predicted molar refractivity (Wildman–Crippen MR) is 126 cm³/mol. The van der Waals surface area contributed by atoms with Crippen LogP contribution in [-0.2, 0) is 11.0 Å². The highest BCUT2D eigenvalue weighted by molar-refractivity contribution is 5.81. The molecular formula is C23H30F3N5O2. The Hall–Kier alpha value is -3.27. The fourth-order valence-corrected chi connectivity index (χ4v) is 3.20. The molecule has 2 N–H and O–H groups in total. The first-order valence-electron chi connectivity index (χ1n) is 10.5. The van der Waals surface area contributed by atoms with E-state index in [0.717, 1.165) is 27.9 Å². The minimum absolute atomic E-state index is 0.250. The summed E-state index contributed by atoms with van der Waals surface area (Å²) in [6.07, 6.45) is -2.80. The van der Waals surface area contributed by atoms with E-state index in [1.807, 2.05) is 37.8 Å². The van der Waals surface area contributed by atoms with Crippen molar-refractivity contribution in [1.29, 1.82) is 0 Å². The van der Waals surface area contributed by atoms with Crippen molar-refractivity contribution in [3.63, 3.8) is 0 Å². The summed E-state index contributed by atoms with van der Waals surface area (Å²) in [4.78, 5) is 11.1. The fraction of sp³-hybridized carbons (Fsp3) is 0.391. The molecule has 0 saturated carbocycles. The van der Waals surface area contributed by atoms with Gasteiger partial charge in [-0.15, -0.1) is 0 Å². The molecule has 0 aromatic heterocycles. The second kappa shape index (κ2) is 11.6. The smallest absolute Gasteiger partial charge is 0.418 e. The zero-order chi connectivity index (χ0) is 24.6. The van der Waals surface area contributed by atoms with Crippen molar-refractivity contribution in [2.24, 2.45) is 16.0 Å². The number of hydrazine groups is 1. The number of nitrogens with two attached hydrogens (primary N) is 1. The monoisotopic (exact) mass is 465 g/mol. The number of benzene rings is 2. The Kier molecular flexibility index (Phi) is 9.10. The van der Waals surface area contributed by atoms with E-state index in [1.54, 1.807) is 20.3 Å². The zero-order valence-electron chi connectivity index (χ0n) is 19.4. The van der Waals surface area contributed by atoms with Gasteiger partial charge in [0.2, 0.25) is 6.23 Å². The highest BCUT2D eigenvalue weighted by Gasteiger charge is 2.35. The van der Waals surface area contributed by atoms with Crippen molar-refractivity contribution in [2.75, 3.05) is 30.1 Å². The van der Waals surface area contributed by atoms with E-state index in [0.29, 0.717) is 12.3 Å². The Morgan fingerprint density at radius 3 is 2.39 bits per heavy atom. The summed E-state index contributed by atoms with van der Waals surface area (Å²) >= 11 is 0. The van der Waals surface area contributed by atoms with Crippen LogP contribution in [0.3, 0.4) is 0 Å².